The Morgan fingerprint density at radius 2 is 2.19 bits per heavy atom. The van der Waals surface area contributed by atoms with Crippen molar-refractivity contribution in [2.45, 2.75) is 6.42 Å². The number of aromatic nitrogens is 2. The van der Waals surface area contributed by atoms with Crippen LogP contribution in [-0.4, -0.2) is 21.0 Å². The van der Waals surface area contributed by atoms with Crippen molar-refractivity contribution in [3.8, 4) is 0 Å². The molecule has 0 saturated carbocycles. The standard InChI is InChI=1S/C10H6ClFN2O2/c11-10-13-7-3-5(12)1-2-6(7)8(14-10)4-9(15)16/h1-3H,4H2,(H,15,16). The number of halogens is 2. The van der Waals surface area contributed by atoms with Crippen molar-refractivity contribution in [3.05, 3.63) is 35.0 Å². The Morgan fingerprint density at radius 3 is 2.88 bits per heavy atom. The molecule has 0 radical (unpaired) electrons. The van der Waals surface area contributed by atoms with Crippen LogP contribution in [0.4, 0.5) is 4.39 Å². The lowest BCUT2D eigenvalue weighted by Gasteiger charge is -2.03. The summed E-state index contributed by atoms with van der Waals surface area (Å²) in [5.74, 6) is -1.48. The van der Waals surface area contributed by atoms with E-state index in [1.165, 1.54) is 18.2 Å². The maximum Gasteiger partial charge on any atom is 0.309 e. The first kappa shape index (κ1) is 10.8. The maximum absolute atomic E-state index is 12.9. The van der Waals surface area contributed by atoms with Gasteiger partial charge in [0, 0.05) is 11.5 Å². The van der Waals surface area contributed by atoms with E-state index in [1.54, 1.807) is 0 Å². The lowest BCUT2D eigenvalue weighted by atomic mass is 10.1. The number of hydrogen-bond acceptors (Lipinski definition) is 3. The molecule has 6 heteroatoms. The molecule has 0 spiro atoms. The average Bonchev–Trinajstić information content (AvgIpc) is 2.15. The predicted octanol–water partition coefficient (Wildman–Crippen LogP) is 2.05. The topological polar surface area (TPSA) is 63.1 Å². The first-order valence-corrected chi connectivity index (χ1v) is 4.77. The molecule has 0 amide bonds. The van der Waals surface area contributed by atoms with Crippen molar-refractivity contribution in [1.82, 2.24) is 9.97 Å². The van der Waals surface area contributed by atoms with E-state index in [-0.39, 0.29) is 17.4 Å². The van der Waals surface area contributed by atoms with Crippen LogP contribution < -0.4 is 0 Å². The largest absolute Gasteiger partial charge is 0.481 e. The van der Waals surface area contributed by atoms with Gasteiger partial charge in [-0.05, 0) is 23.7 Å². The highest BCUT2D eigenvalue weighted by Gasteiger charge is 2.10. The van der Waals surface area contributed by atoms with E-state index in [1.807, 2.05) is 0 Å². The Kier molecular flexibility index (Phi) is 2.70. The minimum absolute atomic E-state index is 0.0886. The molecule has 1 aromatic heterocycles. The van der Waals surface area contributed by atoms with Crippen LogP contribution in [0.3, 0.4) is 0 Å². The first-order chi connectivity index (χ1) is 7.56. The second-order valence-corrected chi connectivity index (χ2v) is 3.51. The van der Waals surface area contributed by atoms with Crippen molar-refractivity contribution in [1.29, 1.82) is 0 Å². The third kappa shape index (κ3) is 2.09. The first-order valence-electron chi connectivity index (χ1n) is 4.40. The third-order valence-electron chi connectivity index (χ3n) is 2.03. The fraction of sp³-hybridized carbons (Fsp3) is 0.100. The van der Waals surface area contributed by atoms with Crippen molar-refractivity contribution >= 4 is 28.5 Å². The molecular weight excluding hydrogens is 235 g/mol. The van der Waals surface area contributed by atoms with Crippen molar-refractivity contribution < 1.29 is 14.3 Å². The van der Waals surface area contributed by atoms with Gasteiger partial charge in [-0.15, -0.1) is 0 Å². The number of carboxylic acids is 1. The van der Waals surface area contributed by atoms with E-state index in [4.69, 9.17) is 16.7 Å². The van der Waals surface area contributed by atoms with Gasteiger partial charge in [-0.3, -0.25) is 4.79 Å². The highest BCUT2D eigenvalue weighted by atomic mass is 35.5. The van der Waals surface area contributed by atoms with Crippen LogP contribution in [0.25, 0.3) is 10.9 Å². The Morgan fingerprint density at radius 1 is 1.44 bits per heavy atom. The molecule has 0 bridgehead atoms. The van der Waals surface area contributed by atoms with Crippen LogP contribution in [0.5, 0.6) is 0 Å². The molecular formula is C10H6ClFN2O2. The molecule has 1 aromatic carbocycles. The van der Waals surface area contributed by atoms with Gasteiger partial charge >= 0.3 is 5.97 Å². The maximum atomic E-state index is 12.9. The summed E-state index contributed by atoms with van der Waals surface area (Å²) in [4.78, 5) is 18.3. The molecule has 0 unspecified atom stereocenters. The Bertz CT molecular complexity index is 569. The van der Waals surface area contributed by atoms with E-state index in [2.05, 4.69) is 9.97 Å². The zero-order chi connectivity index (χ0) is 11.7. The summed E-state index contributed by atoms with van der Waals surface area (Å²) in [5, 5.41) is 9.10. The van der Waals surface area contributed by atoms with Crippen LogP contribution in [0.15, 0.2) is 18.2 Å². The quantitative estimate of drug-likeness (QED) is 0.816. The number of fused-ring (bicyclic) bond motifs is 1. The summed E-state index contributed by atoms with van der Waals surface area (Å²) < 4.78 is 12.9. The Balaban J connectivity index is 2.67. The minimum Gasteiger partial charge on any atom is -0.481 e. The number of aliphatic carboxylic acids is 1. The molecule has 0 saturated heterocycles. The van der Waals surface area contributed by atoms with Crippen molar-refractivity contribution in [3.63, 3.8) is 0 Å². The molecule has 0 aliphatic heterocycles. The lowest BCUT2D eigenvalue weighted by Crippen LogP contribution is -2.04. The molecule has 0 atom stereocenters. The van der Waals surface area contributed by atoms with E-state index in [9.17, 15) is 9.18 Å². The molecule has 1 heterocycles. The Labute approximate surface area is 94.7 Å². The van der Waals surface area contributed by atoms with E-state index >= 15 is 0 Å². The summed E-state index contributed by atoms with van der Waals surface area (Å²) in [6, 6.07) is 3.86. The number of hydrogen-bond donors (Lipinski definition) is 1. The summed E-state index contributed by atoms with van der Waals surface area (Å²) >= 11 is 5.62. The highest BCUT2D eigenvalue weighted by molar-refractivity contribution is 6.28. The van der Waals surface area contributed by atoms with Gasteiger partial charge in [0.1, 0.15) is 5.82 Å². The molecule has 2 rings (SSSR count). The number of benzene rings is 1. The van der Waals surface area contributed by atoms with E-state index in [0.29, 0.717) is 10.9 Å². The van der Waals surface area contributed by atoms with Crippen LogP contribution in [0.2, 0.25) is 5.28 Å². The predicted molar refractivity (Wildman–Crippen MR) is 55.8 cm³/mol. The van der Waals surface area contributed by atoms with Gasteiger partial charge in [-0.2, -0.15) is 0 Å². The second kappa shape index (κ2) is 4.02. The molecule has 2 aromatic rings. The van der Waals surface area contributed by atoms with Crippen molar-refractivity contribution in [2.24, 2.45) is 0 Å². The molecule has 82 valence electrons. The Hall–Kier alpha value is -1.75. The monoisotopic (exact) mass is 240 g/mol. The van der Waals surface area contributed by atoms with Gasteiger partial charge in [0.05, 0.1) is 17.6 Å². The normalized spacial score (nSPS) is 10.6. The second-order valence-electron chi connectivity index (χ2n) is 3.17. The molecule has 1 N–H and O–H groups in total. The minimum atomic E-state index is -1.03. The van der Waals surface area contributed by atoms with Gasteiger partial charge < -0.3 is 5.11 Å². The number of carbonyl (C=O) groups is 1. The smallest absolute Gasteiger partial charge is 0.309 e. The zero-order valence-electron chi connectivity index (χ0n) is 7.94. The van der Waals surface area contributed by atoms with Gasteiger partial charge in [-0.1, -0.05) is 0 Å². The van der Waals surface area contributed by atoms with E-state index in [0.717, 1.165) is 0 Å². The number of nitrogens with zero attached hydrogens (tertiary/aromatic N) is 2. The number of carboxylic acid groups (broad SMARTS) is 1. The van der Waals surface area contributed by atoms with Gasteiger partial charge in [0.2, 0.25) is 5.28 Å². The lowest BCUT2D eigenvalue weighted by molar-refractivity contribution is -0.136. The van der Waals surface area contributed by atoms with E-state index < -0.39 is 11.8 Å². The van der Waals surface area contributed by atoms with Crippen LogP contribution in [0, 0.1) is 5.82 Å². The number of rotatable bonds is 2. The van der Waals surface area contributed by atoms with Gasteiger partial charge in [-0.25, -0.2) is 14.4 Å². The fourth-order valence-electron chi connectivity index (χ4n) is 1.42. The van der Waals surface area contributed by atoms with Gasteiger partial charge in [0.25, 0.3) is 0 Å². The molecule has 16 heavy (non-hydrogen) atoms. The van der Waals surface area contributed by atoms with Crippen LogP contribution in [-0.2, 0) is 11.2 Å². The van der Waals surface area contributed by atoms with Crippen LogP contribution >= 0.6 is 11.6 Å². The third-order valence-corrected chi connectivity index (χ3v) is 2.20. The average molecular weight is 241 g/mol. The summed E-state index contributed by atoms with van der Waals surface area (Å²) in [6.45, 7) is 0. The summed E-state index contributed by atoms with van der Waals surface area (Å²) in [7, 11) is 0. The molecule has 0 aliphatic carbocycles. The van der Waals surface area contributed by atoms with Gasteiger partial charge in [0.15, 0.2) is 0 Å². The molecule has 4 nitrogen and oxygen atoms in total. The SMILES string of the molecule is O=C(O)Cc1nc(Cl)nc2cc(F)ccc12. The molecule has 0 fully saturated rings. The zero-order valence-corrected chi connectivity index (χ0v) is 8.70. The summed E-state index contributed by atoms with van der Waals surface area (Å²) in [6.07, 6.45) is -0.273. The fourth-order valence-corrected chi connectivity index (χ4v) is 1.61. The van der Waals surface area contributed by atoms with Crippen molar-refractivity contribution in [2.75, 3.05) is 0 Å². The highest BCUT2D eigenvalue weighted by Crippen LogP contribution is 2.19. The summed E-state index contributed by atoms with van der Waals surface area (Å²) in [5.41, 5.74) is 0.582. The molecule has 0 aliphatic rings. The van der Waals surface area contributed by atoms with Crippen LogP contribution in [0.1, 0.15) is 5.69 Å².